The first kappa shape index (κ1) is 25.5. The summed E-state index contributed by atoms with van der Waals surface area (Å²) in [5.74, 6) is 2.13. The first-order valence-electron chi connectivity index (χ1n) is 13.8. The average molecular weight is 473 g/mol. The van der Waals surface area contributed by atoms with Crippen LogP contribution >= 0.6 is 0 Å². The summed E-state index contributed by atoms with van der Waals surface area (Å²) in [4.78, 5) is 0. The number of hydrogen-bond donors (Lipinski definition) is 0. The molecule has 2 heteroatoms. The van der Waals surface area contributed by atoms with Crippen molar-refractivity contribution < 1.29 is 9.13 Å². The minimum atomic E-state index is -0.0310. The summed E-state index contributed by atoms with van der Waals surface area (Å²) in [6.45, 7) is 4.96. The minimum Gasteiger partial charge on any atom is -0.494 e. The molecule has 0 aliphatic heterocycles. The van der Waals surface area contributed by atoms with E-state index in [1.165, 1.54) is 49.7 Å². The van der Waals surface area contributed by atoms with E-state index in [0.717, 1.165) is 54.0 Å². The maximum atomic E-state index is 15.1. The van der Waals surface area contributed by atoms with Gasteiger partial charge < -0.3 is 4.74 Å². The van der Waals surface area contributed by atoms with E-state index in [4.69, 9.17) is 4.74 Å². The fraction of sp³-hybridized carbons (Fsp3) is 0.455. The largest absolute Gasteiger partial charge is 0.494 e. The normalized spacial score (nSPS) is 17.9. The van der Waals surface area contributed by atoms with Crippen molar-refractivity contribution in [2.45, 2.75) is 84.0 Å². The molecule has 0 N–H and O–H groups in total. The van der Waals surface area contributed by atoms with Crippen LogP contribution in [-0.4, -0.2) is 6.61 Å². The number of rotatable bonds is 11. The molecule has 1 aliphatic rings. The maximum absolute atomic E-state index is 15.1. The second-order valence-corrected chi connectivity index (χ2v) is 10.2. The molecule has 3 aromatic carbocycles. The average Bonchev–Trinajstić information content (AvgIpc) is 2.89. The van der Waals surface area contributed by atoms with Crippen molar-refractivity contribution in [3.63, 3.8) is 0 Å². The third-order valence-corrected chi connectivity index (χ3v) is 7.73. The van der Waals surface area contributed by atoms with Crippen LogP contribution in [0.15, 0.2) is 66.7 Å². The molecule has 0 atom stereocenters. The number of unbranched alkanes of at least 4 members (excludes halogenated alkanes) is 2. The molecule has 0 saturated heterocycles. The highest BCUT2D eigenvalue weighted by molar-refractivity contribution is 5.64. The molecule has 186 valence electrons. The molecule has 0 aromatic heterocycles. The van der Waals surface area contributed by atoms with Gasteiger partial charge in [0.15, 0.2) is 0 Å². The van der Waals surface area contributed by atoms with Gasteiger partial charge in [0.05, 0.1) is 6.61 Å². The molecule has 0 radical (unpaired) electrons. The van der Waals surface area contributed by atoms with Crippen LogP contribution in [0.1, 0.15) is 87.8 Å². The lowest BCUT2D eigenvalue weighted by Crippen LogP contribution is -2.14. The third-order valence-electron chi connectivity index (χ3n) is 7.73. The fourth-order valence-corrected chi connectivity index (χ4v) is 5.55. The molecule has 1 aliphatic carbocycles. The van der Waals surface area contributed by atoms with Crippen LogP contribution < -0.4 is 4.74 Å². The molecule has 0 heterocycles. The predicted molar refractivity (Wildman–Crippen MR) is 146 cm³/mol. The van der Waals surface area contributed by atoms with E-state index in [9.17, 15) is 0 Å². The summed E-state index contributed by atoms with van der Waals surface area (Å²) in [6, 6.07) is 22.9. The monoisotopic (exact) mass is 472 g/mol. The number of hydrogen-bond acceptors (Lipinski definition) is 1. The van der Waals surface area contributed by atoms with Crippen LogP contribution in [0.3, 0.4) is 0 Å². The van der Waals surface area contributed by atoms with Gasteiger partial charge in [0, 0.05) is 0 Å². The topological polar surface area (TPSA) is 9.23 Å². The summed E-state index contributed by atoms with van der Waals surface area (Å²) in [5.41, 5.74) is 5.59. The molecular weight excluding hydrogens is 431 g/mol. The van der Waals surface area contributed by atoms with Crippen LogP contribution in [0.25, 0.3) is 11.1 Å². The molecular formula is C33H41FO. The molecule has 0 unspecified atom stereocenters. The Morgan fingerprint density at radius 1 is 0.743 bits per heavy atom. The van der Waals surface area contributed by atoms with E-state index in [-0.39, 0.29) is 5.82 Å². The van der Waals surface area contributed by atoms with Crippen molar-refractivity contribution in [3.8, 4) is 16.9 Å². The van der Waals surface area contributed by atoms with Crippen LogP contribution in [-0.2, 0) is 12.8 Å². The predicted octanol–water partition coefficient (Wildman–Crippen LogP) is 9.53. The number of halogens is 1. The lowest BCUT2D eigenvalue weighted by atomic mass is 9.76. The van der Waals surface area contributed by atoms with Crippen LogP contribution in [0.2, 0.25) is 0 Å². The molecule has 0 spiro atoms. The molecule has 1 saturated carbocycles. The quantitative estimate of drug-likeness (QED) is 0.252. The van der Waals surface area contributed by atoms with Crippen molar-refractivity contribution in [3.05, 3.63) is 89.2 Å². The van der Waals surface area contributed by atoms with E-state index >= 15 is 4.39 Å². The summed E-state index contributed by atoms with van der Waals surface area (Å²) in [5, 5.41) is 0. The standard InChI is InChI=1S/C33H41FO/c1-3-5-6-7-25-12-18-29(19-13-25)32-23-20-30(24-33(32)34)28-16-10-26(11-17-28)8-9-27-14-21-31(22-15-27)35-4-2/h10-11,14-17,20-25,29H,3-9,12-13,18-19H2,1-2H3/t25-,29-. The van der Waals surface area contributed by atoms with Crippen molar-refractivity contribution in [2.75, 3.05) is 6.61 Å². The second-order valence-electron chi connectivity index (χ2n) is 10.2. The number of benzene rings is 3. The van der Waals surface area contributed by atoms with Gasteiger partial charge in [-0.05, 0) is 103 Å². The Bertz CT molecular complexity index is 1030. The van der Waals surface area contributed by atoms with E-state index in [1.807, 2.05) is 25.1 Å². The Balaban J connectivity index is 1.31. The van der Waals surface area contributed by atoms with Crippen molar-refractivity contribution >= 4 is 0 Å². The Morgan fingerprint density at radius 3 is 1.97 bits per heavy atom. The Morgan fingerprint density at radius 2 is 1.37 bits per heavy atom. The van der Waals surface area contributed by atoms with Gasteiger partial charge in [0.2, 0.25) is 0 Å². The van der Waals surface area contributed by atoms with E-state index in [2.05, 4.69) is 49.4 Å². The molecule has 35 heavy (non-hydrogen) atoms. The molecule has 4 rings (SSSR count). The van der Waals surface area contributed by atoms with E-state index in [0.29, 0.717) is 12.5 Å². The zero-order chi connectivity index (χ0) is 24.5. The molecule has 0 amide bonds. The summed E-state index contributed by atoms with van der Waals surface area (Å²) in [6.07, 6.45) is 12.1. The molecule has 1 nitrogen and oxygen atoms in total. The van der Waals surface area contributed by atoms with E-state index in [1.54, 1.807) is 6.07 Å². The summed E-state index contributed by atoms with van der Waals surface area (Å²) < 4.78 is 20.6. The maximum Gasteiger partial charge on any atom is 0.127 e. The minimum absolute atomic E-state index is 0.0310. The van der Waals surface area contributed by atoms with Crippen LogP contribution in [0.5, 0.6) is 5.75 Å². The number of aryl methyl sites for hydroxylation is 2. The van der Waals surface area contributed by atoms with Gasteiger partial charge >= 0.3 is 0 Å². The van der Waals surface area contributed by atoms with Crippen molar-refractivity contribution in [1.82, 2.24) is 0 Å². The lowest BCUT2D eigenvalue weighted by Gasteiger charge is -2.29. The molecule has 1 fully saturated rings. The van der Waals surface area contributed by atoms with Crippen LogP contribution in [0.4, 0.5) is 4.39 Å². The Hall–Kier alpha value is -2.61. The van der Waals surface area contributed by atoms with Gasteiger partial charge in [0.1, 0.15) is 11.6 Å². The highest BCUT2D eigenvalue weighted by atomic mass is 19.1. The van der Waals surface area contributed by atoms with Crippen molar-refractivity contribution in [1.29, 1.82) is 0 Å². The van der Waals surface area contributed by atoms with Gasteiger partial charge in [-0.1, -0.05) is 81.1 Å². The van der Waals surface area contributed by atoms with Gasteiger partial charge in [0.25, 0.3) is 0 Å². The Labute approximate surface area is 211 Å². The molecule has 0 bridgehead atoms. The SMILES string of the molecule is CCCCC[C@H]1CC[C@H](c2ccc(-c3ccc(CCc4ccc(OCC)cc4)cc3)cc2F)CC1. The van der Waals surface area contributed by atoms with Crippen LogP contribution in [0, 0.1) is 11.7 Å². The fourth-order valence-electron chi connectivity index (χ4n) is 5.55. The molecule has 3 aromatic rings. The first-order chi connectivity index (χ1) is 17.2. The highest BCUT2D eigenvalue weighted by Gasteiger charge is 2.24. The zero-order valence-electron chi connectivity index (χ0n) is 21.6. The highest BCUT2D eigenvalue weighted by Crippen LogP contribution is 2.39. The summed E-state index contributed by atoms with van der Waals surface area (Å²) in [7, 11) is 0. The first-order valence-corrected chi connectivity index (χ1v) is 13.8. The smallest absolute Gasteiger partial charge is 0.127 e. The lowest BCUT2D eigenvalue weighted by molar-refractivity contribution is 0.299. The summed E-state index contributed by atoms with van der Waals surface area (Å²) >= 11 is 0. The van der Waals surface area contributed by atoms with Gasteiger partial charge in [-0.15, -0.1) is 0 Å². The Kier molecular flexibility index (Phi) is 9.40. The van der Waals surface area contributed by atoms with Gasteiger partial charge in [-0.25, -0.2) is 4.39 Å². The van der Waals surface area contributed by atoms with Gasteiger partial charge in [-0.3, -0.25) is 0 Å². The number of ether oxygens (including phenoxy) is 1. The zero-order valence-corrected chi connectivity index (χ0v) is 21.6. The second kappa shape index (κ2) is 12.9. The van der Waals surface area contributed by atoms with Gasteiger partial charge in [-0.2, -0.15) is 0 Å². The third kappa shape index (κ3) is 7.19. The van der Waals surface area contributed by atoms with Crippen molar-refractivity contribution in [2.24, 2.45) is 5.92 Å². The van der Waals surface area contributed by atoms with E-state index < -0.39 is 0 Å².